The third-order valence-electron chi connectivity index (χ3n) is 3.05. The van der Waals surface area contributed by atoms with Crippen LogP contribution in [0.25, 0.3) is 0 Å². The Morgan fingerprint density at radius 3 is 2.65 bits per heavy atom. The molecular formula is C15H25NS. The lowest BCUT2D eigenvalue weighted by Gasteiger charge is -2.21. The third-order valence-corrected chi connectivity index (χ3v) is 3.70. The lowest BCUT2D eigenvalue weighted by Crippen LogP contribution is -2.23. The zero-order chi connectivity index (χ0) is 12.7. The predicted octanol–water partition coefficient (Wildman–Crippen LogP) is 4.10. The summed E-state index contributed by atoms with van der Waals surface area (Å²) in [4.78, 5) is 0. The van der Waals surface area contributed by atoms with Crippen molar-refractivity contribution in [2.24, 2.45) is 0 Å². The van der Waals surface area contributed by atoms with Gasteiger partial charge in [-0.2, -0.15) is 11.8 Å². The van der Waals surface area contributed by atoms with Crippen molar-refractivity contribution < 1.29 is 0 Å². The summed E-state index contributed by atoms with van der Waals surface area (Å²) < 4.78 is 0. The summed E-state index contributed by atoms with van der Waals surface area (Å²) in [7, 11) is 0. The van der Waals surface area contributed by atoms with Crippen LogP contribution in [-0.2, 0) is 0 Å². The molecule has 0 spiro atoms. The van der Waals surface area contributed by atoms with E-state index in [4.69, 9.17) is 0 Å². The summed E-state index contributed by atoms with van der Waals surface area (Å²) in [6.45, 7) is 7.71. The van der Waals surface area contributed by atoms with Crippen LogP contribution in [0.4, 0.5) is 0 Å². The Balaban J connectivity index is 2.79. The van der Waals surface area contributed by atoms with Crippen molar-refractivity contribution in [3.8, 4) is 0 Å². The van der Waals surface area contributed by atoms with Crippen LogP contribution in [0.15, 0.2) is 18.2 Å². The summed E-state index contributed by atoms with van der Waals surface area (Å²) in [6, 6.07) is 7.32. The highest BCUT2D eigenvalue weighted by Gasteiger charge is 2.12. The van der Waals surface area contributed by atoms with Crippen molar-refractivity contribution in [1.82, 2.24) is 5.32 Å². The molecule has 0 saturated heterocycles. The molecule has 0 radical (unpaired) electrons. The first-order chi connectivity index (χ1) is 8.19. The van der Waals surface area contributed by atoms with Crippen molar-refractivity contribution in [2.45, 2.75) is 39.7 Å². The smallest absolute Gasteiger partial charge is 0.0330 e. The average molecular weight is 251 g/mol. The molecule has 0 aliphatic heterocycles. The Hall–Kier alpha value is -0.470. The first-order valence-corrected chi connectivity index (χ1v) is 7.88. The minimum Gasteiger partial charge on any atom is -0.310 e. The largest absolute Gasteiger partial charge is 0.310 e. The Labute approximate surface area is 110 Å². The van der Waals surface area contributed by atoms with Crippen molar-refractivity contribution in [3.05, 3.63) is 34.9 Å². The molecule has 1 rings (SSSR count). The van der Waals surface area contributed by atoms with E-state index >= 15 is 0 Å². The fraction of sp³-hybridized carbons (Fsp3) is 0.600. The maximum absolute atomic E-state index is 3.67. The molecule has 1 nitrogen and oxygen atoms in total. The number of rotatable bonds is 7. The van der Waals surface area contributed by atoms with Gasteiger partial charge in [0.05, 0.1) is 0 Å². The van der Waals surface area contributed by atoms with Gasteiger partial charge in [-0.15, -0.1) is 0 Å². The quantitative estimate of drug-likeness (QED) is 0.783. The lowest BCUT2D eigenvalue weighted by molar-refractivity contribution is 0.519. The summed E-state index contributed by atoms with van der Waals surface area (Å²) in [5.74, 6) is 1.22. The Morgan fingerprint density at radius 1 is 1.29 bits per heavy atom. The number of nitrogens with one attached hydrogen (secondary N) is 1. The summed E-state index contributed by atoms with van der Waals surface area (Å²) in [6.07, 6.45) is 4.59. The van der Waals surface area contributed by atoms with E-state index < -0.39 is 0 Å². The molecule has 0 fully saturated rings. The maximum Gasteiger partial charge on any atom is 0.0330 e. The molecule has 0 aliphatic rings. The third kappa shape index (κ3) is 4.72. The highest BCUT2D eigenvalue weighted by molar-refractivity contribution is 7.98. The highest BCUT2D eigenvalue weighted by Crippen LogP contribution is 2.23. The number of hydrogen-bond donors (Lipinski definition) is 1. The molecule has 0 aromatic heterocycles. The predicted molar refractivity (Wildman–Crippen MR) is 79.9 cm³/mol. The average Bonchev–Trinajstić information content (AvgIpc) is 2.30. The molecular weight excluding hydrogens is 226 g/mol. The second-order valence-electron chi connectivity index (χ2n) is 4.65. The fourth-order valence-corrected chi connectivity index (χ4v) is 2.61. The van der Waals surface area contributed by atoms with Gasteiger partial charge in [0, 0.05) is 6.04 Å². The van der Waals surface area contributed by atoms with Crippen molar-refractivity contribution in [3.63, 3.8) is 0 Å². The van der Waals surface area contributed by atoms with E-state index in [-0.39, 0.29) is 0 Å². The van der Waals surface area contributed by atoms with Gasteiger partial charge in [-0.1, -0.05) is 30.7 Å². The van der Waals surface area contributed by atoms with Crippen LogP contribution in [0.5, 0.6) is 0 Å². The van der Waals surface area contributed by atoms with Crippen molar-refractivity contribution in [1.29, 1.82) is 0 Å². The molecule has 1 N–H and O–H groups in total. The summed E-state index contributed by atoms with van der Waals surface area (Å²) in [5, 5.41) is 3.67. The highest BCUT2D eigenvalue weighted by atomic mass is 32.2. The second kappa shape index (κ2) is 7.78. The molecule has 0 amide bonds. The zero-order valence-corrected chi connectivity index (χ0v) is 12.4. The van der Waals surface area contributed by atoms with E-state index in [9.17, 15) is 0 Å². The topological polar surface area (TPSA) is 12.0 Å². The molecule has 17 heavy (non-hydrogen) atoms. The van der Waals surface area contributed by atoms with E-state index in [0.717, 1.165) is 6.54 Å². The van der Waals surface area contributed by atoms with Crippen LogP contribution in [0.2, 0.25) is 0 Å². The Morgan fingerprint density at radius 2 is 2.06 bits per heavy atom. The molecule has 1 unspecified atom stereocenters. The van der Waals surface area contributed by atoms with Gasteiger partial charge in [-0.25, -0.2) is 0 Å². The van der Waals surface area contributed by atoms with E-state index in [1.54, 1.807) is 0 Å². The Bertz CT molecular complexity index is 328. The minimum absolute atomic E-state index is 0.517. The molecule has 0 saturated carbocycles. The monoisotopic (exact) mass is 251 g/mol. The molecule has 96 valence electrons. The van der Waals surface area contributed by atoms with Crippen LogP contribution in [0, 0.1) is 13.8 Å². The van der Waals surface area contributed by atoms with Crippen LogP contribution in [-0.4, -0.2) is 18.6 Å². The van der Waals surface area contributed by atoms with Gasteiger partial charge in [-0.05, 0) is 56.4 Å². The molecule has 0 heterocycles. The molecule has 1 aromatic rings. The molecule has 0 bridgehead atoms. The van der Waals surface area contributed by atoms with Gasteiger partial charge in [0.2, 0.25) is 0 Å². The van der Waals surface area contributed by atoms with Gasteiger partial charge in [0.1, 0.15) is 0 Å². The van der Waals surface area contributed by atoms with Gasteiger partial charge < -0.3 is 5.32 Å². The number of hydrogen-bond acceptors (Lipinski definition) is 2. The first-order valence-electron chi connectivity index (χ1n) is 6.48. The van der Waals surface area contributed by atoms with Gasteiger partial charge in [0.25, 0.3) is 0 Å². The molecule has 1 atom stereocenters. The second-order valence-corrected chi connectivity index (χ2v) is 5.63. The number of benzene rings is 1. The Kier molecular flexibility index (Phi) is 6.68. The first kappa shape index (κ1) is 14.6. The van der Waals surface area contributed by atoms with Gasteiger partial charge >= 0.3 is 0 Å². The van der Waals surface area contributed by atoms with E-state index in [1.807, 2.05) is 11.8 Å². The maximum atomic E-state index is 3.67. The normalized spacial score (nSPS) is 12.7. The number of aryl methyl sites for hydroxylation is 2. The molecule has 2 heteroatoms. The van der Waals surface area contributed by atoms with Crippen LogP contribution >= 0.6 is 11.8 Å². The minimum atomic E-state index is 0.517. The zero-order valence-electron chi connectivity index (χ0n) is 11.5. The summed E-state index contributed by atoms with van der Waals surface area (Å²) in [5.41, 5.74) is 4.24. The van der Waals surface area contributed by atoms with Crippen LogP contribution < -0.4 is 5.32 Å². The van der Waals surface area contributed by atoms with E-state index in [1.165, 1.54) is 35.3 Å². The summed E-state index contributed by atoms with van der Waals surface area (Å²) >= 11 is 1.93. The van der Waals surface area contributed by atoms with Gasteiger partial charge in [-0.3, -0.25) is 0 Å². The fourth-order valence-electron chi connectivity index (χ4n) is 2.14. The van der Waals surface area contributed by atoms with Gasteiger partial charge in [0.15, 0.2) is 0 Å². The van der Waals surface area contributed by atoms with Crippen LogP contribution in [0.3, 0.4) is 0 Å². The SMILES string of the molecule is CCCNC(CCSC)c1ccc(C)cc1C. The van der Waals surface area contributed by atoms with E-state index in [2.05, 4.69) is 50.5 Å². The van der Waals surface area contributed by atoms with E-state index in [0.29, 0.717) is 6.04 Å². The lowest BCUT2D eigenvalue weighted by atomic mass is 9.97. The van der Waals surface area contributed by atoms with Crippen LogP contribution in [0.1, 0.15) is 42.5 Å². The van der Waals surface area contributed by atoms with Crippen molar-refractivity contribution >= 4 is 11.8 Å². The molecule has 1 aromatic carbocycles. The number of thioether (sulfide) groups is 1. The van der Waals surface area contributed by atoms with Crippen molar-refractivity contribution in [2.75, 3.05) is 18.6 Å². The molecule has 0 aliphatic carbocycles. The standard InChI is InChI=1S/C15H25NS/c1-5-9-16-15(8-10-17-4)14-7-6-12(2)11-13(14)3/h6-7,11,15-16H,5,8-10H2,1-4H3.